The standard InChI is InChI=1S/C20H36N4S.2ClH/c1-3-19-18(24-14-8-22(9-15-24)10-16-24)2-4-20(25-19)17(1)23-11-5-21(6-12-23)7-13-23;;/h17-20H,1-16H2;2*1H/q+2;;/p-2/t17-,18-,19-,20-;;/m1../s1. The van der Waals surface area contributed by atoms with Crippen LogP contribution >= 0.6 is 11.8 Å². The smallest absolute Gasteiger partial charge is 0.101 e. The molecular weight excluding hydrogens is 399 g/mol. The van der Waals surface area contributed by atoms with Gasteiger partial charge in [0.15, 0.2) is 0 Å². The molecular formula is C20H36Cl2N4S. The Labute approximate surface area is 182 Å². The third-order valence-corrected chi connectivity index (χ3v) is 11.1. The van der Waals surface area contributed by atoms with E-state index in [0.29, 0.717) is 0 Å². The van der Waals surface area contributed by atoms with E-state index >= 15 is 0 Å². The van der Waals surface area contributed by atoms with Crippen LogP contribution in [0.5, 0.6) is 0 Å². The summed E-state index contributed by atoms with van der Waals surface area (Å²) in [6.07, 6.45) is 6.16. The second kappa shape index (κ2) is 7.79. The molecule has 8 aliphatic heterocycles. The van der Waals surface area contributed by atoms with E-state index in [1.807, 2.05) is 0 Å². The molecule has 8 aliphatic rings. The van der Waals surface area contributed by atoms with Gasteiger partial charge in [0.1, 0.15) is 12.1 Å². The fraction of sp³-hybridized carbons (Fsp3) is 1.00. The summed E-state index contributed by atoms with van der Waals surface area (Å²) in [5.41, 5.74) is 0. The molecule has 6 bridgehead atoms. The molecule has 0 aliphatic carbocycles. The Morgan fingerprint density at radius 1 is 0.519 bits per heavy atom. The summed E-state index contributed by atoms with van der Waals surface area (Å²) < 4.78 is 3.03. The molecule has 8 rings (SSSR count). The first-order valence-electron chi connectivity index (χ1n) is 11.1. The highest BCUT2D eigenvalue weighted by Gasteiger charge is 2.56. The molecule has 8 saturated heterocycles. The second-order valence-corrected chi connectivity index (χ2v) is 11.4. The monoisotopic (exact) mass is 434 g/mol. The van der Waals surface area contributed by atoms with Crippen LogP contribution in [0.2, 0.25) is 0 Å². The highest BCUT2D eigenvalue weighted by molar-refractivity contribution is 8.00. The average molecular weight is 436 g/mol. The third kappa shape index (κ3) is 3.28. The molecule has 8 heterocycles. The predicted molar refractivity (Wildman–Crippen MR) is 104 cm³/mol. The maximum absolute atomic E-state index is 2.71. The fourth-order valence-electron chi connectivity index (χ4n) is 7.60. The number of piperazine rings is 6. The van der Waals surface area contributed by atoms with Crippen molar-refractivity contribution in [2.75, 3.05) is 78.5 Å². The maximum atomic E-state index is 2.71. The molecule has 0 saturated carbocycles. The van der Waals surface area contributed by atoms with E-state index in [0.717, 1.165) is 22.6 Å². The summed E-state index contributed by atoms with van der Waals surface area (Å²) in [7, 11) is 0. The minimum Gasteiger partial charge on any atom is -1.00 e. The maximum Gasteiger partial charge on any atom is 0.101 e. The van der Waals surface area contributed by atoms with Gasteiger partial charge in [-0.15, -0.1) is 11.8 Å². The number of nitrogens with zero attached hydrogens (tertiary/aromatic N) is 4. The molecule has 0 aromatic carbocycles. The molecule has 4 atom stereocenters. The van der Waals surface area contributed by atoms with Crippen molar-refractivity contribution in [1.29, 1.82) is 0 Å². The zero-order chi connectivity index (χ0) is 16.5. The van der Waals surface area contributed by atoms with Crippen molar-refractivity contribution in [2.24, 2.45) is 0 Å². The molecule has 0 aromatic rings. The molecule has 0 amide bonds. The van der Waals surface area contributed by atoms with Crippen LogP contribution in [0.15, 0.2) is 0 Å². The summed E-state index contributed by atoms with van der Waals surface area (Å²) in [4.78, 5) is 5.42. The first-order chi connectivity index (χ1) is 12.3. The van der Waals surface area contributed by atoms with Crippen molar-refractivity contribution in [1.82, 2.24) is 9.80 Å². The molecule has 0 radical (unpaired) electrons. The van der Waals surface area contributed by atoms with Gasteiger partial charge < -0.3 is 33.8 Å². The lowest BCUT2D eigenvalue weighted by molar-refractivity contribution is -0.968. The van der Waals surface area contributed by atoms with E-state index in [2.05, 4.69) is 21.6 Å². The van der Waals surface area contributed by atoms with Gasteiger partial charge in [-0.05, 0) is 12.8 Å². The number of hydrogen-bond acceptors (Lipinski definition) is 3. The molecule has 27 heavy (non-hydrogen) atoms. The Kier molecular flexibility index (Phi) is 6.06. The highest BCUT2D eigenvalue weighted by atomic mass is 35.5. The van der Waals surface area contributed by atoms with E-state index < -0.39 is 0 Å². The van der Waals surface area contributed by atoms with Crippen LogP contribution < -0.4 is 24.8 Å². The second-order valence-electron chi connectivity index (χ2n) is 9.96. The average Bonchev–Trinajstić information content (AvgIpc) is 2.71. The van der Waals surface area contributed by atoms with E-state index in [-0.39, 0.29) is 24.8 Å². The quantitative estimate of drug-likeness (QED) is 0.402. The van der Waals surface area contributed by atoms with E-state index in [9.17, 15) is 0 Å². The zero-order valence-corrected chi connectivity index (χ0v) is 18.9. The number of hydrogen-bond donors (Lipinski definition) is 0. The summed E-state index contributed by atoms with van der Waals surface area (Å²) in [5, 5.41) is 1.98. The minimum absolute atomic E-state index is 0. The van der Waals surface area contributed by atoms with Crippen molar-refractivity contribution in [3.63, 3.8) is 0 Å². The Hall–Kier alpha value is 0.770. The Balaban J connectivity index is 0.000000900. The summed E-state index contributed by atoms with van der Waals surface area (Å²) in [6, 6.07) is 2.01. The number of rotatable bonds is 2. The minimum atomic E-state index is 0. The number of fused-ring (bicyclic) bond motifs is 8. The first-order valence-corrected chi connectivity index (χ1v) is 12.0. The zero-order valence-electron chi connectivity index (χ0n) is 16.6. The predicted octanol–water partition coefficient (Wildman–Crippen LogP) is -4.92. The van der Waals surface area contributed by atoms with Gasteiger partial charge in [-0.2, -0.15) is 0 Å². The largest absolute Gasteiger partial charge is 1.00 e. The fourth-order valence-corrected chi connectivity index (χ4v) is 9.75. The van der Waals surface area contributed by atoms with Crippen LogP contribution in [-0.4, -0.2) is 120 Å². The van der Waals surface area contributed by atoms with Gasteiger partial charge in [0, 0.05) is 52.1 Å². The Morgan fingerprint density at radius 2 is 0.852 bits per heavy atom. The van der Waals surface area contributed by atoms with Gasteiger partial charge in [0.05, 0.1) is 49.8 Å². The van der Waals surface area contributed by atoms with Gasteiger partial charge in [0.2, 0.25) is 0 Å². The van der Waals surface area contributed by atoms with Crippen molar-refractivity contribution in [2.45, 2.75) is 48.3 Å². The molecule has 0 unspecified atom stereocenters. The summed E-state index contributed by atoms with van der Waals surface area (Å²) in [5.74, 6) is 0. The van der Waals surface area contributed by atoms with Crippen molar-refractivity contribution >= 4 is 11.8 Å². The topological polar surface area (TPSA) is 6.48 Å². The number of quaternary nitrogens is 2. The molecule has 8 fully saturated rings. The lowest BCUT2D eigenvalue weighted by atomic mass is 9.85. The Bertz CT molecular complexity index is 461. The van der Waals surface area contributed by atoms with E-state index in [1.54, 1.807) is 12.8 Å². The van der Waals surface area contributed by atoms with Gasteiger partial charge in [0.25, 0.3) is 0 Å². The SMILES string of the molecule is C1C[C@H]2S[C@H](CC[C@H]2[N+]23CCN(CC2)CC3)[C@@H]1[N+]12CCN(CC1)CC2.[Cl-].[Cl-]. The summed E-state index contributed by atoms with van der Waals surface area (Å²) >= 11 is 2.48. The number of thioether (sulfide) groups is 1. The lowest BCUT2D eigenvalue weighted by Gasteiger charge is -2.61. The van der Waals surface area contributed by atoms with Crippen LogP contribution in [0.3, 0.4) is 0 Å². The van der Waals surface area contributed by atoms with Crippen LogP contribution in [0.4, 0.5) is 0 Å². The van der Waals surface area contributed by atoms with Crippen molar-refractivity contribution in [3.8, 4) is 0 Å². The molecule has 7 heteroatoms. The van der Waals surface area contributed by atoms with Crippen LogP contribution in [0, 0.1) is 0 Å². The van der Waals surface area contributed by atoms with Gasteiger partial charge >= 0.3 is 0 Å². The van der Waals surface area contributed by atoms with Gasteiger partial charge in [-0.1, -0.05) is 0 Å². The van der Waals surface area contributed by atoms with Crippen molar-refractivity contribution in [3.05, 3.63) is 0 Å². The van der Waals surface area contributed by atoms with E-state index in [1.165, 1.54) is 100 Å². The van der Waals surface area contributed by atoms with Crippen LogP contribution in [-0.2, 0) is 0 Å². The molecule has 0 spiro atoms. The summed E-state index contributed by atoms with van der Waals surface area (Å²) in [6.45, 7) is 17.1. The molecule has 4 nitrogen and oxygen atoms in total. The van der Waals surface area contributed by atoms with Gasteiger partial charge in [-0.25, -0.2) is 0 Å². The molecule has 0 aromatic heterocycles. The van der Waals surface area contributed by atoms with Crippen molar-refractivity contribution < 1.29 is 33.8 Å². The van der Waals surface area contributed by atoms with E-state index in [4.69, 9.17) is 0 Å². The van der Waals surface area contributed by atoms with Crippen LogP contribution in [0.1, 0.15) is 25.7 Å². The molecule has 156 valence electrons. The highest BCUT2D eigenvalue weighted by Crippen LogP contribution is 2.49. The van der Waals surface area contributed by atoms with Gasteiger partial charge in [-0.3, -0.25) is 9.80 Å². The molecule has 0 N–H and O–H groups in total. The number of halogens is 2. The van der Waals surface area contributed by atoms with Crippen LogP contribution in [0.25, 0.3) is 0 Å². The normalized spacial score (nSPS) is 53.3. The lowest BCUT2D eigenvalue weighted by Crippen LogP contribution is -3.00. The first kappa shape index (κ1) is 21.0. The third-order valence-electron chi connectivity index (χ3n) is 9.28. The Morgan fingerprint density at radius 3 is 1.19 bits per heavy atom.